The van der Waals surface area contributed by atoms with E-state index < -0.39 is 0 Å². The van der Waals surface area contributed by atoms with Crippen LogP contribution in [0, 0.1) is 29.1 Å². The Morgan fingerprint density at radius 3 is 2.12 bits per heavy atom. The molecule has 4 atom stereocenters. The highest BCUT2D eigenvalue weighted by Gasteiger charge is 2.41. The Bertz CT molecular complexity index is 372. The summed E-state index contributed by atoms with van der Waals surface area (Å²) in [5.41, 5.74) is 0.633. The molecule has 0 N–H and O–H groups in total. The van der Waals surface area contributed by atoms with Crippen molar-refractivity contribution >= 4 is 0 Å². The van der Waals surface area contributed by atoms with E-state index in [4.69, 9.17) is 0 Å². The van der Waals surface area contributed by atoms with E-state index in [-0.39, 0.29) is 0 Å². The van der Waals surface area contributed by atoms with Gasteiger partial charge in [0.2, 0.25) is 0 Å². The number of nitrogens with zero attached hydrogens (tertiary/aromatic N) is 1. The lowest BCUT2D eigenvalue weighted by molar-refractivity contribution is 0.0743. The standard InChI is InChI=1S/C25H49N/c1-6-12-21(19-20-26(5)8-3)22-13-11-16-24(18-17-22)25(4,7-2)23-14-9-10-15-23/h21-24H,6-20H2,1-5H3. The molecule has 4 unspecified atom stereocenters. The molecule has 0 spiro atoms. The first kappa shape index (κ1) is 22.3. The molecule has 2 aliphatic carbocycles. The second kappa shape index (κ2) is 11.1. The van der Waals surface area contributed by atoms with Gasteiger partial charge in [-0.2, -0.15) is 0 Å². The minimum atomic E-state index is 0.633. The van der Waals surface area contributed by atoms with Gasteiger partial charge in [-0.15, -0.1) is 0 Å². The highest BCUT2D eigenvalue weighted by molar-refractivity contribution is 4.92. The van der Waals surface area contributed by atoms with Gasteiger partial charge in [-0.05, 0) is 87.7 Å². The summed E-state index contributed by atoms with van der Waals surface area (Å²) < 4.78 is 0. The smallest absolute Gasteiger partial charge is 0.00192 e. The van der Waals surface area contributed by atoms with Crippen LogP contribution in [0.15, 0.2) is 0 Å². The van der Waals surface area contributed by atoms with Gasteiger partial charge in [0.15, 0.2) is 0 Å². The maximum atomic E-state index is 2.67. The van der Waals surface area contributed by atoms with Crippen molar-refractivity contribution in [3.05, 3.63) is 0 Å². The van der Waals surface area contributed by atoms with Gasteiger partial charge in [0.1, 0.15) is 0 Å². The van der Waals surface area contributed by atoms with Crippen LogP contribution in [0.3, 0.4) is 0 Å². The summed E-state index contributed by atoms with van der Waals surface area (Å²) >= 11 is 0. The molecule has 1 heteroatoms. The molecule has 2 fully saturated rings. The molecule has 2 saturated carbocycles. The van der Waals surface area contributed by atoms with Crippen molar-refractivity contribution in [1.29, 1.82) is 0 Å². The van der Waals surface area contributed by atoms with Crippen LogP contribution in [0.1, 0.15) is 111 Å². The summed E-state index contributed by atoms with van der Waals surface area (Å²) in [6.07, 6.45) is 19.3. The molecule has 2 aliphatic rings. The van der Waals surface area contributed by atoms with E-state index in [2.05, 4.69) is 39.6 Å². The van der Waals surface area contributed by atoms with Gasteiger partial charge in [0.25, 0.3) is 0 Å². The lowest BCUT2D eigenvalue weighted by Gasteiger charge is -2.42. The molecule has 0 bridgehead atoms. The normalized spacial score (nSPS) is 28.8. The maximum Gasteiger partial charge on any atom is -0.00192 e. The molecule has 0 aromatic heterocycles. The van der Waals surface area contributed by atoms with E-state index in [1.807, 2.05) is 0 Å². The highest BCUT2D eigenvalue weighted by Crippen LogP contribution is 2.52. The van der Waals surface area contributed by atoms with Crippen LogP contribution in [0.2, 0.25) is 0 Å². The summed E-state index contributed by atoms with van der Waals surface area (Å²) in [6.45, 7) is 12.3. The fourth-order valence-corrected chi connectivity index (χ4v) is 6.49. The lowest BCUT2D eigenvalue weighted by Crippen LogP contribution is -2.33. The first-order valence-electron chi connectivity index (χ1n) is 12.2. The van der Waals surface area contributed by atoms with Gasteiger partial charge in [-0.25, -0.2) is 0 Å². The Morgan fingerprint density at radius 1 is 0.846 bits per heavy atom. The minimum absolute atomic E-state index is 0.633. The van der Waals surface area contributed by atoms with Gasteiger partial charge in [-0.1, -0.05) is 72.6 Å². The maximum absolute atomic E-state index is 2.67. The summed E-state index contributed by atoms with van der Waals surface area (Å²) in [5.74, 6) is 4.02. The Kier molecular flexibility index (Phi) is 9.48. The predicted molar refractivity (Wildman–Crippen MR) is 117 cm³/mol. The molecule has 0 radical (unpaired) electrons. The molecule has 0 heterocycles. The largest absolute Gasteiger partial charge is 0.307 e. The fraction of sp³-hybridized carbons (Fsp3) is 1.00. The van der Waals surface area contributed by atoms with Crippen molar-refractivity contribution in [3.63, 3.8) is 0 Å². The number of rotatable bonds is 10. The molecule has 0 aromatic rings. The van der Waals surface area contributed by atoms with Crippen molar-refractivity contribution in [2.45, 2.75) is 111 Å². The van der Waals surface area contributed by atoms with Crippen molar-refractivity contribution in [3.8, 4) is 0 Å². The molecule has 0 aromatic carbocycles. The Morgan fingerprint density at radius 2 is 1.50 bits per heavy atom. The van der Waals surface area contributed by atoms with Crippen LogP contribution in [0.5, 0.6) is 0 Å². The van der Waals surface area contributed by atoms with Gasteiger partial charge in [-0.3, -0.25) is 0 Å². The van der Waals surface area contributed by atoms with E-state index >= 15 is 0 Å². The molecule has 0 aliphatic heterocycles. The zero-order valence-corrected chi connectivity index (χ0v) is 18.9. The van der Waals surface area contributed by atoms with E-state index in [9.17, 15) is 0 Å². The molecule has 154 valence electrons. The average Bonchev–Trinajstić information content (AvgIpc) is 3.09. The average molecular weight is 364 g/mol. The molecular weight excluding hydrogens is 314 g/mol. The van der Waals surface area contributed by atoms with Crippen LogP contribution in [0.25, 0.3) is 0 Å². The fourth-order valence-electron chi connectivity index (χ4n) is 6.49. The molecule has 0 amide bonds. The predicted octanol–water partition coefficient (Wildman–Crippen LogP) is 7.55. The van der Waals surface area contributed by atoms with Crippen LogP contribution in [-0.4, -0.2) is 25.0 Å². The van der Waals surface area contributed by atoms with E-state index in [0.717, 1.165) is 23.7 Å². The zero-order valence-electron chi connectivity index (χ0n) is 18.9. The lowest BCUT2D eigenvalue weighted by atomic mass is 9.63. The summed E-state index contributed by atoms with van der Waals surface area (Å²) in [6, 6.07) is 0. The third kappa shape index (κ3) is 5.73. The SMILES string of the molecule is CCCC(CCN(C)CC)C1CCCC(C(C)(CC)C2CCCC2)CC1. The van der Waals surface area contributed by atoms with Crippen molar-refractivity contribution in [2.24, 2.45) is 29.1 Å². The van der Waals surface area contributed by atoms with Crippen LogP contribution < -0.4 is 0 Å². The Labute approximate surface area is 165 Å². The number of hydrogen-bond donors (Lipinski definition) is 0. The molecule has 2 rings (SSSR count). The summed E-state index contributed by atoms with van der Waals surface area (Å²) in [4.78, 5) is 2.51. The van der Waals surface area contributed by atoms with Crippen molar-refractivity contribution in [2.75, 3.05) is 20.1 Å². The molecular formula is C25H49N. The zero-order chi connectivity index (χ0) is 19.0. The van der Waals surface area contributed by atoms with Gasteiger partial charge >= 0.3 is 0 Å². The first-order valence-corrected chi connectivity index (χ1v) is 12.2. The van der Waals surface area contributed by atoms with Crippen LogP contribution in [0.4, 0.5) is 0 Å². The van der Waals surface area contributed by atoms with Crippen LogP contribution >= 0.6 is 0 Å². The third-order valence-electron chi connectivity index (χ3n) is 8.74. The van der Waals surface area contributed by atoms with Crippen molar-refractivity contribution < 1.29 is 0 Å². The van der Waals surface area contributed by atoms with Crippen LogP contribution in [-0.2, 0) is 0 Å². The van der Waals surface area contributed by atoms with Gasteiger partial charge in [0.05, 0.1) is 0 Å². The topological polar surface area (TPSA) is 3.24 Å². The van der Waals surface area contributed by atoms with E-state index in [1.165, 1.54) is 96.6 Å². The van der Waals surface area contributed by atoms with Gasteiger partial charge in [0, 0.05) is 0 Å². The third-order valence-corrected chi connectivity index (χ3v) is 8.74. The minimum Gasteiger partial charge on any atom is -0.307 e. The molecule has 0 saturated heterocycles. The van der Waals surface area contributed by atoms with Crippen molar-refractivity contribution in [1.82, 2.24) is 4.90 Å². The first-order chi connectivity index (χ1) is 12.5. The van der Waals surface area contributed by atoms with E-state index in [1.54, 1.807) is 0 Å². The van der Waals surface area contributed by atoms with Gasteiger partial charge < -0.3 is 4.90 Å². The molecule has 1 nitrogen and oxygen atoms in total. The number of hydrogen-bond acceptors (Lipinski definition) is 1. The molecule has 26 heavy (non-hydrogen) atoms. The second-order valence-corrected chi connectivity index (χ2v) is 10.0. The summed E-state index contributed by atoms with van der Waals surface area (Å²) in [5, 5.41) is 0. The highest BCUT2D eigenvalue weighted by atomic mass is 15.1. The van der Waals surface area contributed by atoms with E-state index in [0.29, 0.717) is 5.41 Å². The monoisotopic (exact) mass is 363 g/mol. The Hall–Kier alpha value is -0.0400. The quantitative estimate of drug-likeness (QED) is 0.362. The summed E-state index contributed by atoms with van der Waals surface area (Å²) in [7, 11) is 2.29. The second-order valence-electron chi connectivity index (χ2n) is 10.0. The Balaban J connectivity index is 1.96.